The van der Waals surface area contributed by atoms with Gasteiger partial charge in [-0.15, -0.1) is 11.3 Å². The van der Waals surface area contributed by atoms with E-state index in [2.05, 4.69) is 10.3 Å². The smallest absolute Gasteiger partial charge is 0.261 e. The van der Waals surface area contributed by atoms with Gasteiger partial charge in [-0.05, 0) is 31.5 Å². The molecule has 148 valence electrons. The molecule has 1 amide bonds. The molecule has 5 nitrogen and oxygen atoms in total. The monoisotopic (exact) mass is 402 g/mol. The minimum atomic E-state index is -0.466. The minimum absolute atomic E-state index is 0.0747. The number of thiophene rings is 1. The van der Waals surface area contributed by atoms with Crippen LogP contribution in [0.4, 0.5) is 4.39 Å². The zero-order valence-electron chi connectivity index (χ0n) is 15.9. The molecule has 0 saturated carbocycles. The number of benzene rings is 1. The van der Waals surface area contributed by atoms with E-state index in [1.54, 1.807) is 30.5 Å². The summed E-state index contributed by atoms with van der Waals surface area (Å²) in [6.45, 7) is 4.86. The van der Waals surface area contributed by atoms with Gasteiger partial charge >= 0.3 is 0 Å². The van der Waals surface area contributed by atoms with Gasteiger partial charge in [0.1, 0.15) is 11.4 Å². The van der Waals surface area contributed by atoms with Crippen LogP contribution in [0.25, 0.3) is 10.2 Å². The number of rotatable bonds is 9. The Kier molecular flexibility index (Phi) is 6.95. The van der Waals surface area contributed by atoms with Gasteiger partial charge in [0, 0.05) is 30.3 Å². The lowest BCUT2D eigenvalue weighted by Gasteiger charge is -2.17. The summed E-state index contributed by atoms with van der Waals surface area (Å²) in [4.78, 5) is 18.0. The average Bonchev–Trinajstić information content (AvgIpc) is 3.15. The Labute approximate surface area is 167 Å². The molecular weight excluding hydrogens is 379 g/mol. The Morgan fingerprint density at radius 2 is 2.14 bits per heavy atom. The summed E-state index contributed by atoms with van der Waals surface area (Å²) in [5, 5.41) is 3.68. The number of carbonyl (C=O) groups excluding carboxylic acids is 1. The molecule has 3 rings (SSSR count). The fourth-order valence-corrected chi connectivity index (χ4v) is 3.67. The molecule has 0 aliphatic carbocycles. The molecule has 3 aromatic rings. The van der Waals surface area contributed by atoms with Crippen LogP contribution in [-0.4, -0.2) is 30.2 Å². The number of carbonyl (C=O) groups is 1. The van der Waals surface area contributed by atoms with Crippen molar-refractivity contribution in [3.63, 3.8) is 0 Å². The van der Waals surface area contributed by atoms with E-state index >= 15 is 0 Å². The zero-order chi connectivity index (χ0) is 19.9. The van der Waals surface area contributed by atoms with Crippen LogP contribution in [0.15, 0.2) is 42.6 Å². The van der Waals surface area contributed by atoms with Crippen LogP contribution in [0.2, 0.25) is 0 Å². The number of nitrogens with one attached hydrogen (secondary N) is 1. The van der Waals surface area contributed by atoms with Crippen molar-refractivity contribution in [2.45, 2.75) is 32.9 Å². The Balaban J connectivity index is 1.63. The van der Waals surface area contributed by atoms with E-state index in [0.717, 1.165) is 16.6 Å². The SMILES string of the molecule is CCOC(CC)COc1cccc(CNC(=O)c2cc3cccnc3s2)c1F. The van der Waals surface area contributed by atoms with Crippen LogP contribution in [-0.2, 0) is 11.3 Å². The Hall–Kier alpha value is -2.51. The molecule has 0 bridgehead atoms. The molecule has 0 saturated heterocycles. The molecule has 0 radical (unpaired) electrons. The van der Waals surface area contributed by atoms with Gasteiger partial charge in [-0.1, -0.05) is 25.1 Å². The van der Waals surface area contributed by atoms with Crippen molar-refractivity contribution in [2.24, 2.45) is 0 Å². The quantitative estimate of drug-likeness (QED) is 0.570. The highest BCUT2D eigenvalue weighted by atomic mass is 32.1. The van der Waals surface area contributed by atoms with Gasteiger partial charge in [-0.25, -0.2) is 9.37 Å². The van der Waals surface area contributed by atoms with Crippen LogP contribution >= 0.6 is 11.3 Å². The molecular formula is C21H23FN2O3S. The first-order valence-electron chi connectivity index (χ1n) is 9.26. The first-order valence-corrected chi connectivity index (χ1v) is 10.1. The topological polar surface area (TPSA) is 60.5 Å². The molecule has 0 aliphatic heterocycles. The second kappa shape index (κ2) is 9.61. The molecule has 2 heterocycles. The third-order valence-electron chi connectivity index (χ3n) is 4.28. The normalized spacial score (nSPS) is 12.1. The maximum atomic E-state index is 14.7. The van der Waals surface area contributed by atoms with Crippen molar-refractivity contribution in [1.29, 1.82) is 0 Å². The summed E-state index contributed by atoms with van der Waals surface area (Å²) >= 11 is 1.31. The Bertz CT molecular complexity index is 911. The largest absolute Gasteiger partial charge is 0.488 e. The number of nitrogens with zero attached hydrogens (tertiary/aromatic N) is 1. The molecule has 2 aromatic heterocycles. The molecule has 1 aromatic carbocycles. The molecule has 28 heavy (non-hydrogen) atoms. The number of amides is 1. The molecule has 1 unspecified atom stereocenters. The van der Waals surface area contributed by atoms with E-state index in [1.807, 2.05) is 26.0 Å². The van der Waals surface area contributed by atoms with Gasteiger partial charge in [0.15, 0.2) is 11.6 Å². The van der Waals surface area contributed by atoms with Crippen molar-refractivity contribution in [3.05, 3.63) is 58.9 Å². The van der Waals surface area contributed by atoms with E-state index in [-0.39, 0.29) is 30.9 Å². The maximum Gasteiger partial charge on any atom is 0.261 e. The van der Waals surface area contributed by atoms with E-state index < -0.39 is 5.82 Å². The lowest BCUT2D eigenvalue weighted by Crippen LogP contribution is -2.23. The van der Waals surface area contributed by atoms with Crippen LogP contribution in [0.1, 0.15) is 35.5 Å². The van der Waals surface area contributed by atoms with E-state index in [9.17, 15) is 9.18 Å². The number of pyridine rings is 1. The lowest BCUT2D eigenvalue weighted by molar-refractivity contribution is 0.0246. The van der Waals surface area contributed by atoms with Gasteiger partial charge in [0.2, 0.25) is 0 Å². The standard InChI is InChI=1S/C21H23FN2O3S/c1-3-16(26-4-2)13-27-17-9-5-7-15(19(17)22)12-24-20(25)18-11-14-8-6-10-23-21(14)28-18/h5-11,16H,3-4,12-13H2,1-2H3,(H,24,25). The van der Waals surface area contributed by atoms with Crippen LogP contribution in [0.5, 0.6) is 5.75 Å². The number of halogens is 1. The third-order valence-corrected chi connectivity index (χ3v) is 5.34. The summed E-state index contributed by atoms with van der Waals surface area (Å²) in [7, 11) is 0. The van der Waals surface area contributed by atoms with Gasteiger partial charge < -0.3 is 14.8 Å². The number of hydrogen-bond donors (Lipinski definition) is 1. The van der Waals surface area contributed by atoms with Crippen molar-refractivity contribution in [1.82, 2.24) is 10.3 Å². The Morgan fingerprint density at radius 3 is 2.89 bits per heavy atom. The number of ether oxygens (including phenoxy) is 2. The molecule has 0 fully saturated rings. The van der Waals surface area contributed by atoms with Gasteiger partial charge in [-0.3, -0.25) is 4.79 Å². The predicted octanol–water partition coefficient (Wildman–Crippen LogP) is 4.56. The molecule has 0 aliphatic rings. The van der Waals surface area contributed by atoms with Crippen LogP contribution < -0.4 is 10.1 Å². The summed E-state index contributed by atoms with van der Waals surface area (Å²) < 4.78 is 25.8. The first-order chi connectivity index (χ1) is 13.6. The highest BCUT2D eigenvalue weighted by Gasteiger charge is 2.15. The molecule has 1 atom stereocenters. The van der Waals surface area contributed by atoms with Crippen LogP contribution in [0.3, 0.4) is 0 Å². The van der Waals surface area contributed by atoms with Gasteiger partial charge in [-0.2, -0.15) is 0 Å². The van der Waals surface area contributed by atoms with Crippen molar-refractivity contribution in [3.8, 4) is 5.75 Å². The summed E-state index contributed by atoms with van der Waals surface area (Å²) in [5.74, 6) is -0.556. The third kappa shape index (κ3) is 4.85. The maximum absolute atomic E-state index is 14.7. The molecule has 1 N–H and O–H groups in total. The lowest BCUT2D eigenvalue weighted by atomic mass is 10.2. The summed E-state index contributed by atoms with van der Waals surface area (Å²) in [5.41, 5.74) is 0.370. The average molecular weight is 402 g/mol. The second-order valence-electron chi connectivity index (χ2n) is 6.22. The van der Waals surface area contributed by atoms with Crippen molar-refractivity contribution < 1.29 is 18.7 Å². The van der Waals surface area contributed by atoms with Gasteiger partial charge in [0.05, 0.1) is 11.0 Å². The molecule has 0 spiro atoms. The van der Waals surface area contributed by atoms with E-state index in [4.69, 9.17) is 9.47 Å². The number of fused-ring (bicyclic) bond motifs is 1. The number of hydrogen-bond acceptors (Lipinski definition) is 5. The first kappa shape index (κ1) is 20.2. The van der Waals surface area contributed by atoms with Crippen LogP contribution in [0, 0.1) is 5.82 Å². The minimum Gasteiger partial charge on any atom is -0.488 e. The molecule has 7 heteroatoms. The van der Waals surface area contributed by atoms with Crippen molar-refractivity contribution in [2.75, 3.05) is 13.2 Å². The predicted molar refractivity (Wildman–Crippen MR) is 108 cm³/mol. The van der Waals surface area contributed by atoms with E-state index in [1.165, 1.54) is 11.3 Å². The second-order valence-corrected chi connectivity index (χ2v) is 7.25. The fourth-order valence-electron chi connectivity index (χ4n) is 2.75. The highest BCUT2D eigenvalue weighted by Crippen LogP contribution is 2.24. The summed E-state index contributed by atoms with van der Waals surface area (Å²) in [6.07, 6.45) is 2.40. The fraction of sp³-hybridized carbons (Fsp3) is 0.333. The van der Waals surface area contributed by atoms with Crippen molar-refractivity contribution >= 4 is 27.5 Å². The summed E-state index contributed by atoms with van der Waals surface area (Å²) in [6, 6.07) is 10.4. The number of aromatic nitrogens is 1. The zero-order valence-corrected chi connectivity index (χ0v) is 16.7. The Morgan fingerprint density at radius 1 is 1.29 bits per heavy atom. The van der Waals surface area contributed by atoms with E-state index in [0.29, 0.717) is 17.0 Å². The van der Waals surface area contributed by atoms with Gasteiger partial charge in [0.25, 0.3) is 5.91 Å². The highest BCUT2D eigenvalue weighted by molar-refractivity contribution is 7.20.